The molecule has 0 radical (unpaired) electrons. The largest absolute Gasteiger partial charge is 0.493 e. The van der Waals surface area contributed by atoms with Gasteiger partial charge in [0.25, 0.3) is 0 Å². The van der Waals surface area contributed by atoms with E-state index in [0.29, 0.717) is 37.2 Å². The van der Waals surface area contributed by atoms with Gasteiger partial charge in [0, 0.05) is 6.54 Å². The van der Waals surface area contributed by atoms with Gasteiger partial charge in [-0.2, -0.15) is 0 Å². The van der Waals surface area contributed by atoms with Crippen LogP contribution in [-0.2, 0) is 13.2 Å². The Morgan fingerprint density at radius 2 is 1.85 bits per heavy atom. The smallest absolute Gasteiger partial charge is 0.192 e. The Labute approximate surface area is 178 Å². The van der Waals surface area contributed by atoms with Crippen LogP contribution in [0.25, 0.3) is 0 Å². The molecule has 0 aliphatic rings. The monoisotopic (exact) mass is 479 g/mol. The predicted octanol–water partition coefficient (Wildman–Crippen LogP) is 3.58. The molecule has 0 bridgehead atoms. The number of benzene rings is 2. The van der Waals surface area contributed by atoms with Crippen molar-refractivity contribution in [1.29, 1.82) is 0 Å². The third-order valence-electron chi connectivity index (χ3n) is 3.59. The second-order valence-corrected chi connectivity index (χ2v) is 5.51. The first-order chi connectivity index (χ1) is 12.8. The molecule has 6 heteroatoms. The summed E-state index contributed by atoms with van der Waals surface area (Å²) in [4.78, 5) is 4.52. The number of hydrogen-bond acceptors (Lipinski definition) is 3. The van der Waals surface area contributed by atoms with E-state index < -0.39 is 0 Å². The van der Waals surface area contributed by atoms with Gasteiger partial charge in [-0.05, 0) is 30.2 Å². The minimum Gasteiger partial charge on any atom is -0.493 e. The summed E-state index contributed by atoms with van der Waals surface area (Å²) in [7, 11) is 1.64. The van der Waals surface area contributed by atoms with Crippen LogP contribution in [0, 0.1) is 12.3 Å². The first-order valence-corrected chi connectivity index (χ1v) is 8.56. The van der Waals surface area contributed by atoms with Crippen molar-refractivity contribution in [3.8, 4) is 23.8 Å². The summed E-state index contributed by atoms with van der Waals surface area (Å²) in [5.74, 6) is 4.63. The quantitative estimate of drug-likeness (QED) is 0.263. The van der Waals surface area contributed by atoms with Crippen LogP contribution in [0.3, 0.4) is 0 Å². The second kappa shape index (κ2) is 12.9. The zero-order valence-corrected chi connectivity index (χ0v) is 18.0. The van der Waals surface area contributed by atoms with Gasteiger partial charge in [-0.1, -0.05) is 42.3 Å². The molecule has 0 heterocycles. The molecule has 27 heavy (non-hydrogen) atoms. The highest BCUT2D eigenvalue weighted by Crippen LogP contribution is 2.29. The maximum atomic E-state index is 5.88. The Morgan fingerprint density at radius 1 is 1.07 bits per heavy atom. The van der Waals surface area contributed by atoms with Crippen LogP contribution >= 0.6 is 24.0 Å². The van der Waals surface area contributed by atoms with Gasteiger partial charge in [0.2, 0.25) is 0 Å². The molecule has 0 spiro atoms. The number of nitrogens with zero attached hydrogens (tertiary/aromatic N) is 1. The summed E-state index contributed by atoms with van der Waals surface area (Å²) in [6, 6.07) is 15.9. The first kappa shape index (κ1) is 22.6. The summed E-state index contributed by atoms with van der Waals surface area (Å²) in [6.45, 7) is 4.22. The molecule has 0 aliphatic carbocycles. The molecule has 0 saturated heterocycles. The van der Waals surface area contributed by atoms with Gasteiger partial charge in [-0.25, -0.2) is 4.99 Å². The summed E-state index contributed by atoms with van der Waals surface area (Å²) >= 11 is 0. The number of terminal acetylenes is 1. The number of hydrogen-bond donors (Lipinski definition) is 2. The van der Waals surface area contributed by atoms with Gasteiger partial charge in [0.1, 0.15) is 6.61 Å². The highest BCUT2D eigenvalue weighted by Gasteiger charge is 2.06. The molecule has 0 aliphatic heterocycles. The Balaban J connectivity index is 0.00000364. The standard InChI is InChI=1S/C21H25N3O2.HI/c1-4-13-23-21(22-5-2)24-15-18-11-12-19(20(14-18)25-3)26-16-17-9-7-6-8-10-17;/h1,6-12,14H,5,13,15-16H2,2-3H3,(H2,22,23,24);1H. The topological polar surface area (TPSA) is 54.9 Å². The van der Waals surface area contributed by atoms with Gasteiger partial charge in [0.15, 0.2) is 17.5 Å². The molecule has 2 aromatic carbocycles. The lowest BCUT2D eigenvalue weighted by molar-refractivity contribution is 0.284. The number of halogens is 1. The molecule has 0 unspecified atom stereocenters. The van der Waals surface area contributed by atoms with Crippen molar-refractivity contribution in [3.63, 3.8) is 0 Å². The van der Waals surface area contributed by atoms with Gasteiger partial charge >= 0.3 is 0 Å². The summed E-state index contributed by atoms with van der Waals surface area (Å²) in [6.07, 6.45) is 5.28. The summed E-state index contributed by atoms with van der Waals surface area (Å²) in [5.41, 5.74) is 2.13. The van der Waals surface area contributed by atoms with Gasteiger partial charge < -0.3 is 20.1 Å². The van der Waals surface area contributed by atoms with Crippen molar-refractivity contribution >= 4 is 29.9 Å². The Morgan fingerprint density at radius 3 is 2.52 bits per heavy atom. The number of methoxy groups -OCH3 is 1. The summed E-state index contributed by atoms with van der Waals surface area (Å²) in [5, 5.41) is 6.22. The zero-order valence-electron chi connectivity index (χ0n) is 15.7. The number of rotatable bonds is 8. The van der Waals surface area contributed by atoms with E-state index in [4.69, 9.17) is 15.9 Å². The van der Waals surface area contributed by atoms with Gasteiger partial charge in [0.05, 0.1) is 20.2 Å². The van der Waals surface area contributed by atoms with Crippen LogP contribution in [0.4, 0.5) is 0 Å². The zero-order chi connectivity index (χ0) is 18.6. The molecule has 0 amide bonds. The van der Waals surface area contributed by atoms with E-state index in [1.165, 1.54) is 0 Å². The molecule has 2 aromatic rings. The number of guanidine groups is 1. The normalized spacial score (nSPS) is 10.3. The van der Waals surface area contributed by atoms with E-state index in [-0.39, 0.29) is 24.0 Å². The van der Waals surface area contributed by atoms with Crippen LogP contribution in [0.1, 0.15) is 18.1 Å². The lowest BCUT2D eigenvalue weighted by atomic mass is 10.2. The van der Waals surface area contributed by atoms with Crippen molar-refractivity contribution in [3.05, 3.63) is 59.7 Å². The molecule has 0 atom stereocenters. The Kier molecular flexibility index (Phi) is 10.8. The Hall–Kier alpha value is -2.40. The highest BCUT2D eigenvalue weighted by molar-refractivity contribution is 14.0. The predicted molar refractivity (Wildman–Crippen MR) is 121 cm³/mol. The van der Waals surface area contributed by atoms with Crippen molar-refractivity contribution in [2.75, 3.05) is 20.2 Å². The van der Waals surface area contributed by atoms with E-state index >= 15 is 0 Å². The fourth-order valence-electron chi connectivity index (χ4n) is 2.31. The molecular formula is C21H26IN3O2. The molecule has 2 rings (SSSR count). The third-order valence-corrected chi connectivity index (χ3v) is 3.59. The maximum absolute atomic E-state index is 5.88. The van der Waals surface area contributed by atoms with Crippen LogP contribution in [0.15, 0.2) is 53.5 Å². The number of ether oxygens (including phenoxy) is 2. The lowest BCUT2D eigenvalue weighted by Crippen LogP contribution is -2.37. The van der Waals surface area contributed by atoms with Gasteiger partial charge in [-0.3, -0.25) is 0 Å². The molecule has 2 N–H and O–H groups in total. The average Bonchev–Trinajstić information content (AvgIpc) is 2.69. The van der Waals surface area contributed by atoms with Crippen LogP contribution in [0.2, 0.25) is 0 Å². The van der Waals surface area contributed by atoms with Crippen molar-refractivity contribution in [2.24, 2.45) is 4.99 Å². The molecule has 0 aromatic heterocycles. The molecule has 0 saturated carbocycles. The molecule has 144 valence electrons. The minimum absolute atomic E-state index is 0. The van der Waals surface area contributed by atoms with Crippen LogP contribution < -0.4 is 20.1 Å². The highest BCUT2D eigenvalue weighted by atomic mass is 127. The maximum Gasteiger partial charge on any atom is 0.192 e. The van der Waals surface area contributed by atoms with Crippen molar-refractivity contribution in [1.82, 2.24) is 10.6 Å². The first-order valence-electron chi connectivity index (χ1n) is 8.56. The van der Waals surface area contributed by atoms with E-state index in [1.54, 1.807) is 7.11 Å². The van der Waals surface area contributed by atoms with Crippen molar-refractivity contribution < 1.29 is 9.47 Å². The van der Waals surface area contributed by atoms with Crippen molar-refractivity contribution in [2.45, 2.75) is 20.1 Å². The van der Waals surface area contributed by atoms with Crippen LogP contribution in [0.5, 0.6) is 11.5 Å². The fraction of sp³-hybridized carbons (Fsp3) is 0.286. The molecule has 5 nitrogen and oxygen atoms in total. The number of nitrogens with one attached hydrogen (secondary N) is 2. The molecular weight excluding hydrogens is 453 g/mol. The van der Waals surface area contributed by atoms with E-state index in [2.05, 4.69) is 21.5 Å². The van der Waals surface area contributed by atoms with Gasteiger partial charge in [-0.15, -0.1) is 30.4 Å². The Bertz CT molecular complexity index is 758. The van der Waals surface area contributed by atoms with E-state index in [0.717, 1.165) is 17.7 Å². The molecule has 0 fully saturated rings. The lowest BCUT2D eigenvalue weighted by Gasteiger charge is -2.12. The van der Waals surface area contributed by atoms with E-state index in [1.807, 2.05) is 55.5 Å². The summed E-state index contributed by atoms with van der Waals surface area (Å²) < 4.78 is 11.3. The number of aliphatic imine (C=N–C) groups is 1. The SMILES string of the molecule is C#CCNC(=NCc1ccc(OCc2ccccc2)c(OC)c1)NCC.I. The third kappa shape index (κ3) is 7.79. The minimum atomic E-state index is 0. The van der Waals surface area contributed by atoms with E-state index in [9.17, 15) is 0 Å². The second-order valence-electron chi connectivity index (χ2n) is 5.51. The van der Waals surface area contributed by atoms with Crippen LogP contribution in [-0.4, -0.2) is 26.2 Å². The average molecular weight is 479 g/mol. The fourth-order valence-corrected chi connectivity index (χ4v) is 2.31.